The summed E-state index contributed by atoms with van der Waals surface area (Å²) >= 11 is 0. The second kappa shape index (κ2) is 16.3. The van der Waals surface area contributed by atoms with E-state index in [0.29, 0.717) is 6.54 Å². The van der Waals surface area contributed by atoms with Crippen molar-refractivity contribution in [3.8, 4) is 0 Å². The monoisotopic (exact) mass is 476 g/mol. The fourth-order valence-electron chi connectivity index (χ4n) is 2.59. The summed E-state index contributed by atoms with van der Waals surface area (Å²) in [5.41, 5.74) is 2.66. The average molecular weight is 476 g/mol. The van der Waals surface area contributed by atoms with E-state index in [1.807, 2.05) is 6.92 Å². The summed E-state index contributed by atoms with van der Waals surface area (Å²) in [6.45, 7) is 15.6. The highest BCUT2D eigenvalue weighted by atomic mass is 127. The maximum absolute atomic E-state index is 5.37. The Balaban J connectivity index is 0.00000625. The van der Waals surface area contributed by atoms with Crippen LogP contribution in [0.2, 0.25) is 0 Å². The van der Waals surface area contributed by atoms with E-state index < -0.39 is 0 Å². The first-order valence-electron chi connectivity index (χ1n) is 9.64. The third-order valence-corrected chi connectivity index (χ3v) is 4.12. The van der Waals surface area contributed by atoms with Gasteiger partial charge in [0.1, 0.15) is 0 Å². The van der Waals surface area contributed by atoms with E-state index in [-0.39, 0.29) is 24.0 Å². The maximum Gasteiger partial charge on any atom is 0.191 e. The minimum Gasteiger partial charge on any atom is -0.382 e. The lowest BCUT2D eigenvalue weighted by atomic mass is 10.1. The van der Waals surface area contributed by atoms with Crippen molar-refractivity contribution in [1.29, 1.82) is 0 Å². The van der Waals surface area contributed by atoms with Crippen molar-refractivity contribution in [2.24, 2.45) is 4.99 Å². The SMILES string of the molecule is CCNC(=NCc1ccccc1CN(CC)CC)NCCCOCC.I. The van der Waals surface area contributed by atoms with Gasteiger partial charge < -0.3 is 15.4 Å². The number of hydrogen-bond donors (Lipinski definition) is 2. The highest BCUT2D eigenvalue weighted by Gasteiger charge is 2.06. The van der Waals surface area contributed by atoms with Crippen LogP contribution in [0.1, 0.15) is 45.2 Å². The van der Waals surface area contributed by atoms with Gasteiger partial charge in [-0.15, -0.1) is 24.0 Å². The number of hydrogen-bond acceptors (Lipinski definition) is 3. The van der Waals surface area contributed by atoms with E-state index in [1.165, 1.54) is 11.1 Å². The summed E-state index contributed by atoms with van der Waals surface area (Å²) in [5, 5.41) is 6.69. The quantitative estimate of drug-likeness (QED) is 0.209. The Kier molecular flexibility index (Phi) is 15.8. The van der Waals surface area contributed by atoms with Crippen LogP contribution >= 0.6 is 24.0 Å². The molecule has 0 aliphatic rings. The standard InChI is InChI=1S/C20H36N4O.HI/c1-5-21-20(22-14-11-15-25-8-4)23-16-18-12-9-10-13-19(18)17-24(6-2)7-3;/h9-10,12-13H,5-8,11,14-17H2,1-4H3,(H2,21,22,23);1H. The smallest absolute Gasteiger partial charge is 0.191 e. The molecular formula is C20H37IN4O. The van der Waals surface area contributed by atoms with Crippen LogP contribution < -0.4 is 10.6 Å². The molecule has 2 N–H and O–H groups in total. The molecule has 0 bridgehead atoms. The number of rotatable bonds is 12. The molecule has 0 aliphatic heterocycles. The average Bonchev–Trinajstić information content (AvgIpc) is 2.64. The van der Waals surface area contributed by atoms with Crippen molar-refractivity contribution in [1.82, 2.24) is 15.5 Å². The van der Waals surface area contributed by atoms with Gasteiger partial charge in [-0.2, -0.15) is 0 Å². The van der Waals surface area contributed by atoms with E-state index in [1.54, 1.807) is 0 Å². The lowest BCUT2D eigenvalue weighted by Gasteiger charge is -2.20. The summed E-state index contributed by atoms with van der Waals surface area (Å²) in [6.07, 6.45) is 0.983. The van der Waals surface area contributed by atoms with Gasteiger partial charge in [-0.3, -0.25) is 4.90 Å². The highest BCUT2D eigenvalue weighted by molar-refractivity contribution is 14.0. The van der Waals surface area contributed by atoms with E-state index in [2.05, 4.69) is 60.6 Å². The van der Waals surface area contributed by atoms with Gasteiger partial charge in [0, 0.05) is 32.8 Å². The molecule has 1 aromatic rings. The molecule has 1 rings (SSSR count). The molecule has 26 heavy (non-hydrogen) atoms. The second-order valence-electron chi connectivity index (χ2n) is 5.90. The van der Waals surface area contributed by atoms with Crippen molar-refractivity contribution in [3.05, 3.63) is 35.4 Å². The third-order valence-electron chi connectivity index (χ3n) is 4.12. The summed E-state index contributed by atoms with van der Waals surface area (Å²) in [6, 6.07) is 8.61. The van der Waals surface area contributed by atoms with Gasteiger partial charge in [-0.25, -0.2) is 4.99 Å². The van der Waals surface area contributed by atoms with Crippen molar-refractivity contribution < 1.29 is 4.74 Å². The molecular weight excluding hydrogens is 439 g/mol. The zero-order valence-corrected chi connectivity index (χ0v) is 19.2. The number of aliphatic imine (C=N–C) groups is 1. The molecule has 0 saturated heterocycles. The number of nitrogens with zero attached hydrogens (tertiary/aromatic N) is 2. The molecule has 0 aliphatic carbocycles. The van der Waals surface area contributed by atoms with E-state index in [0.717, 1.165) is 58.3 Å². The number of benzene rings is 1. The first-order chi connectivity index (χ1) is 12.2. The number of ether oxygens (including phenoxy) is 1. The highest BCUT2D eigenvalue weighted by Crippen LogP contribution is 2.13. The number of halogens is 1. The van der Waals surface area contributed by atoms with Crippen molar-refractivity contribution in [2.45, 2.75) is 47.2 Å². The Morgan fingerprint density at radius 3 is 2.35 bits per heavy atom. The molecule has 0 amide bonds. The zero-order valence-electron chi connectivity index (χ0n) is 16.9. The molecule has 0 spiro atoms. The summed E-state index contributed by atoms with van der Waals surface area (Å²) in [4.78, 5) is 7.19. The molecule has 0 aromatic heterocycles. The largest absolute Gasteiger partial charge is 0.382 e. The van der Waals surface area contributed by atoms with Gasteiger partial charge in [0.25, 0.3) is 0 Å². The zero-order chi connectivity index (χ0) is 18.3. The molecule has 0 radical (unpaired) electrons. The lowest BCUT2D eigenvalue weighted by Crippen LogP contribution is -2.38. The minimum absolute atomic E-state index is 0. The van der Waals surface area contributed by atoms with Gasteiger partial charge in [-0.1, -0.05) is 38.1 Å². The molecule has 0 unspecified atom stereocenters. The molecule has 6 heteroatoms. The molecule has 0 saturated carbocycles. The Bertz CT molecular complexity index is 492. The molecule has 1 aromatic carbocycles. The van der Waals surface area contributed by atoms with Gasteiger partial charge in [0.05, 0.1) is 6.54 Å². The summed E-state index contributed by atoms with van der Waals surface area (Å²) < 4.78 is 5.37. The van der Waals surface area contributed by atoms with E-state index >= 15 is 0 Å². The van der Waals surface area contributed by atoms with Crippen LogP contribution in [0, 0.1) is 0 Å². The van der Waals surface area contributed by atoms with Crippen molar-refractivity contribution >= 4 is 29.9 Å². The molecule has 0 heterocycles. The summed E-state index contributed by atoms with van der Waals surface area (Å²) in [7, 11) is 0. The normalized spacial score (nSPS) is 11.3. The van der Waals surface area contributed by atoms with Crippen LogP contribution in [0.3, 0.4) is 0 Å². The van der Waals surface area contributed by atoms with Gasteiger partial charge in [-0.05, 0) is 44.5 Å². The van der Waals surface area contributed by atoms with Crippen molar-refractivity contribution in [3.63, 3.8) is 0 Å². The third kappa shape index (κ3) is 10.3. The Labute approximate surface area is 177 Å². The molecule has 0 fully saturated rings. The van der Waals surface area contributed by atoms with Crippen LogP contribution in [0.15, 0.2) is 29.3 Å². The van der Waals surface area contributed by atoms with Crippen LogP contribution in [0.25, 0.3) is 0 Å². The van der Waals surface area contributed by atoms with Gasteiger partial charge in [0.15, 0.2) is 5.96 Å². The molecule has 5 nitrogen and oxygen atoms in total. The second-order valence-corrected chi connectivity index (χ2v) is 5.90. The van der Waals surface area contributed by atoms with Gasteiger partial charge >= 0.3 is 0 Å². The fourth-order valence-corrected chi connectivity index (χ4v) is 2.59. The fraction of sp³-hybridized carbons (Fsp3) is 0.650. The first-order valence-corrected chi connectivity index (χ1v) is 9.64. The first kappa shape index (κ1) is 25.1. The number of nitrogens with one attached hydrogen (secondary N) is 2. The van der Waals surface area contributed by atoms with E-state index in [4.69, 9.17) is 9.73 Å². The predicted molar refractivity (Wildman–Crippen MR) is 122 cm³/mol. The Morgan fingerprint density at radius 1 is 1.04 bits per heavy atom. The maximum atomic E-state index is 5.37. The minimum atomic E-state index is 0. The Morgan fingerprint density at radius 2 is 1.73 bits per heavy atom. The Hall–Kier alpha value is -0.860. The van der Waals surface area contributed by atoms with Crippen LogP contribution in [0.5, 0.6) is 0 Å². The summed E-state index contributed by atoms with van der Waals surface area (Å²) in [5.74, 6) is 0.872. The topological polar surface area (TPSA) is 48.9 Å². The lowest BCUT2D eigenvalue weighted by molar-refractivity contribution is 0.145. The van der Waals surface area contributed by atoms with Crippen molar-refractivity contribution in [2.75, 3.05) is 39.4 Å². The molecule has 150 valence electrons. The van der Waals surface area contributed by atoms with E-state index in [9.17, 15) is 0 Å². The number of guanidine groups is 1. The van der Waals surface area contributed by atoms with Crippen LogP contribution in [-0.4, -0.2) is 50.3 Å². The van der Waals surface area contributed by atoms with Gasteiger partial charge in [0.2, 0.25) is 0 Å². The van der Waals surface area contributed by atoms with Crippen LogP contribution in [-0.2, 0) is 17.8 Å². The molecule has 0 atom stereocenters. The predicted octanol–water partition coefficient (Wildman–Crippen LogP) is 3.63. The van der Waals surface area contributed by atoms with Crippen LogP contribution in [0.4, 0.5) is 0 Å².